The van der Waals surface area contributed by atoms with Crippen LogP contribution in [0.1, 0.15) is 38.5 Å². The lowest BCUT2D eigenvalue weighted by Gasteiger charge is -2.30. The van der Waals surface area contributed by atoms with Crippen LogP contribution in [0.25, 0.3) is 0 Å². The smallest absolute Gasteiger partial charge is 0.196 e. The molecule has 104 valence electrons. The lowest BCUT2D eigenvalue weighted by Crippen LogP contribution is -2.48. The van der Waals surface area contributed by atoms with E-state index in [1.807, 2.05) is 24.4 Å². The summed E-state index contributed by atoms with van der Waals surface area (Å²) in [6.45, 7) is 6.64. The van der Waals surface area contributed by atoms with Crippen molar-refractivity contribution in [3.8, 4) is 0 Å². The molecule has 4 heteroatoms. The van der Waals surface area contributed by atoms with Gasteiger partial charge in [-0.05, 0) is 37.1 Å². The van der Waals surface area contributed by atoms with Crippen molar-refractivity contribution in [2.24, 2.45) is 5.92 Å². The molecular formula is C15H20O3S. The number of hydrogen-bond donors (Lipinski definition) is 0. The van der Waals surface area contributed by atoms with E-state index in [9.17, 15) is 4.79 Å². The third-order valence-corrected chi connectivity index (χ3v) is 5.37. The molecule has 2 bridgehead atoms. The maximum absolute atomic E-state index is 12.6. The number of hydrogen-bond acceptors (Lipinski definition) is 4. The number of carbonyl (C=O) groups excluding carboxylic acids is 1. The standard InChI is InChI=1S/C15H20O3S/c1-10(2)15-7-6-14(3,18-15)13(12(15)16)17-9-11-5-4-8-19-11/h4-5,8,10,13H,6-7,9H2,1-3H3/t13-,14+,15+/m1/s1. The van der Waals surface area contributed by atoms with Crippen LogP contribution in [0.15, 0.2) is 17.5 Å². The Morgan fingerprint density at radius 3 is 2.89 bits per heavy atom. The first-order valence-corrected chi connectivity index (χ1v) is 7.74. The molecule has 0 spiro atoms. The highest BCUT2D eigenvalue weighted by Crippen LogP contribution is 2.52. The van der Waals surface area contributed by atoms with Crippen LogP contribution in [0.5, 0.6) is 0 Å². The van der Waals surface area contributed by atoms with E-state index in [2.05, 4.69) is 13.8 Å². The Labute approximate surface area is 117 Å². The second kappa shape index (κ2) is 4.40. The predicted octanol–water partition coefficient (Wildman–Crippen LogP) is 3.18. The van der Waals surface area contributed by atoms with Crippen molar-refractivity contribution >= 4 is 17.1 Å². The van der Waals surface area contributed by atoms with Crippen molar-refractivity contribution < 1.29 is 14.3 Å². The van der Waals surface area contributed by atoms with Gasteiger partial charge in [-0.15, -0.1) is 11.3 Å². The fourth-order valence-electron chi connectivity index (χ4n) is 3.31. The second-order valence-corrected chi connectivity index (χ2v) is 7.13. The van der Waals surface area contributed by atoms with Crippen molar-refractivity contribution in [3.63, 3.8) is 0 Å². The zero-order valence-corrected chi connectivity index (χ0v) is 12.5. The highest BCUT2D eigenvalue weighted by atomic mass is 32.1. The van der Waals surface area contributed by atoms with Gasteiger partial charge in [0.25, 0.3) is 0 Å². The Morgan fingerprint density at radius 1 is 1.53 bits per heavy atom. The normalized spacial score (nSPS) is 37.5. The Balaban J connectivity index is 1.78. The average molecular weight is 280 g/mol. The molecule has 0 amide bonds. The largest absolute Gasteiger partial charge is 0.362 e. The van der Waals surface area contributed by atoms with Crippen molar-refractivity contribution in [2.45, 2.75) is 57.5 Å². The average Bonchev–Trinajstić information content (AvgIpc) is 3.01. The molecule has 3 atom stereocenters. The quantitative estimate of drug-likeness (QED) is 0.849. The third-order valence-electron chi connectivity index (χ3n) is 4.52. The van der Waals surface area contributed by atoms with Crippen LogP contribution in [0.2, 0.25) is 0 Å². The van der Waals surface area contributed by atoms with E-state index >= 15 is 0 Å². The Morgan fingerprint density at radius 2 is 2.32 bits per heavy atom. The Kier molecular flexibility index (Phi) is 3.08. The van der Waals surface area contributed by atoms with Crippen molar-refractivity contribution in [3.05, 3.63) is 22.4 Å². The molecular weight excluding hydrogens is 260 g/mol. The predicted molar refractivity (Wildman–Crippen MR) is 74.2 cm³/mol. The van der Waals surface area contributed by atoms with Gasteiger partial charge in [0.1, 0.15) is 17.3 Å². The molecule has 0 N–H and O–H groups in total. The van der Waals surface area contributed by atoms with E-state index in [4.69, 9.17) is 9.47 Å². The van der Waals surface area contributed by atoms with E-state index in [0.717, 1.165) is 17.7 Å². The van der Waals surface area contributed by atoms with E-state index in [1.54, 1.807) is 11.3 Å². The molecule has 2 saturated heterocycles. The molecule has 0 aromatic carbocycles. The molecule has 3 nitrogen and oxygen atoms in total. The van der Waals surface area contributed by atoms with Gasteiger partial charge in [0.05, 0.1) is 6.61 Å². The van der Waals surface area contributed by atoms with Crippen LogP contribution in [0, 0.1) is 5.92 Å². The maximum atomic E-state index is 12.6. The lowest BCUT2D eigenvalue weighted by atomic mass is 9.74. The summed E-state index contributed by atoms with van der Waals surface area (Å²) in [5.41, 5.74) is -1.03. The molecule has 3 heterocycles. The van der Waals surface area contributed by atoms with Gasteiger partial charge in [-0.2, -0.15) is 0 Å². The van der Waals surface area contributed by atoms with Crippen LogP contribution >= 0.6 is 11.3 Å². The third kappa shape index (κ3) is 1.89. The van der Waals surface area contributed by atoms with Gasteiger partial charge in [0, 0.05) is 4.88 Å². The Hall–Kier alpha value is -0.710. The number of ether oxygens (including phenoxy) is 2. The number of fused-ring (bicyclic) bond motifs is 2. The van der Waals surface area contributed by atoms with Crippen molar-refractivity contribution in [1.82, 2.24) is 0 Å². The zero-order valence-electron chi connectivity index (χ0n) is 11.6. The zero-order chi connectivity index (χ0) is 13.7. The fraction of sp³-hybridized carbons (Fsp3) is 0.667. The van der Waals surface area contributed by atoms with E-state index in [0.29, 0.717) is 6.61 Å². The van der Waals surface area contributed by atoms with Gasteiger partial charge in [0.2, 0.25) is 0 Å². The van der Waals surface area contributed by atoms with E-state index in [1.165, 1.54) is 0 Å². The molecule has 1 aromatic heterocycles. The summed E-state index contributed by atoms with van der Waals surface area (Å²) < 4.78 is 12.0. The van der Waals surface area contributed by atoms with Gasteiger partial charge in [-0.3, -0.25) is 4.79 Å². The number of carbonyl (C=O) groups is 1. The van der Waals surface area contributed by atoms with E-state index < -0.39 is 17.3 Å². The summed E-state index contributed by atoms with van der Waals surface area (Å²) in [5, 5.41) is 2.02. The van der Waals surface area contributed by atoms with Crippen LogP contribution in [0.3, 0.4) is 0 Å². The molecule has 2 aliphatic rings. The molecule has 0 unspecified atom stereocenters. The highest BCUT2D eigenvalue weighted by molar-refractivity contribution is 7.09. The Bertz CT molecular complexity index is 482. The second-order valence-electron chi connectivity index (χ2n) is 6.09. The van der Waals surface area contributed by atoms with Crippen LogP contribution in [-0.2, 0) is 20.9 Å². The molecule has 2 aliphatic heterocycles. The number of ketones is 1. The number of Topliss-reactive ketones (excluding diaryl/α,β-unsaturated/α-hetero) is 1. The summed E-state index contributed by atoms with van der Waals surface area (Å²) in [7, 11) is 0. The molecule has 1 aromatic rings. The SMILES string of the molecule is CC(C)[C@]12CC[C@](C)(O1)[C@H](OCc1cccs1)C2=O. The summed E-state index contributed by atoms with van der Waals surface area (Å²) >= 11 is 1.65. The molecule has 3 rings (SSSR count). The maximum Gasteiger partial charge on any atom is 0.196 e. The fourth-order valence-corrected chi connectivity index (χ4v) is 3.94. The van der Waals surface area contributed by atoms with Gasteiger partial charge in [0.15, 0.2) is 5.78 Å². The van der Waals surface area contributed by atoms with Gasteiger partial charge in [-0.25, -0.2) is 0 Å². The molecule has 0 aliphatic carbocycles. The minimum Gasteiger partial charge on any atom is -0.362 e. The van der Waals surface area contributed by atoms with Gasteiger partial charge < -0.3 is 9.47 Å². The van der Waals surface area contributed by atoms with Gasteiger partial charge in [-0.1, -0.05) is 19.9 Å². The van der Waals surface area contributed by atoms with Gasteiger partial charge >= 0.3 is 0 Å². The molecule has 2 fully saturated rings. The van der Waals surface area contributed by atoms with Crippen molar-refractivity contribution in [1.29, 1.82) is 0 Å². The van der Waals surface area contributed by atoms with Crippen LogP contribution in [-0.4, -0.2) is 23.1 Å². The minimum absolute atomic E-state index is 0.146. The topological polar surface area (TPSA) is 35.5 Å². The monoisotopic (exact) mass is 280 g/mol. The highest BCUT2D eigenvalue weighted by Gasteiger charge is 2.66. The summed E-state index contributed by atoms with van der Waals surface area (Å²) in [4.78, 5) is 13.8. The lowest BCUT2D eigenvalue weighted by molar-refractivity contribution is -0.139. The first-order valence-electron chi connectivity index (χ1n) is 6.86. The molecule has 0 saturated carbocycles. The molecule has 19 heavy (non-hydrogen) atoms. The summed E-state index contributed by atoms with van der Waals surface area (Å²) in [6, 6.07) is 4.03. The van der Waals surface area contributed by atoms with Crippen LogP contribution < -0.4 is 0 Å². The first kappa shape index (κ1) is 13.3. The number of rotatable bonds is 4. The first-order chi connectivity index (χ1) is 8.98. The minimum atomic E-state index is -0.602. The number of thiophene rings is 1. The van der Waals surface area contributed by atoms with E-state index in [-0.39, 0.29) is 11.7 Å². The molecule has 0 radical (unpaired) electrons. The summed E-state index contributed by atoms with van der Waals surface area (Å²) in [6.07, 6.45) is 1.33. The summed E-state index contributed by atoms with van der Waals surface area (Å²) in [5.74, 6) is 0.352. The van der Waals surface area contributed by atoms with Crippen LogP contribution in [0.4, 0.5) is 0 Å². The van der Waals surface area contributed by atoms with Crippen molar-refractivity contribution in [2.75, 3.05) is 0 Å².